The Morgan fingerprint density at radius 2 is 1.71 bits per heavy atom. The minimum atomic E-state index is 0.00715. The lowest BCUT2D eigenvalue weighted by Gasteiger charge is -2.28. The van der Waals surface area contributed by atoms with Gasteiger partial charge in [0.2, 0.25) is 11.8 Å². The standard InChI is InChI=1S/C26H37N3O2/c1-3-17-28(25(30)16-15-22-10-7-8-11-22)21-26(31)29(19-23-12-5-4-6-13-23)20-24-14-9-18-27(24)2/h4-6,9,12-14,18,22H,3,7-8,10-11,15-17,19-21H2,1-2H3. The molecule has 168 valence electrons. The molecule has 31 heavy (non-hydrogen) atoms. The minimum Gasteiger partial charge on any atom is -0.353 e. The third-order valence-electron chi connectivity index (χ3n) is 6.39. The third-order valence-corrected chi connectivity index (χ3v) is 6.39. The number of aromatic nitrogens is 1. The van der Waals surface area contributed by atoms with Gasteiger partial charge in [0, 0.05) is 38.4 Å². The molecule has 1 heterocycles. The SMILES string of the molecule is CCCN(CC(=O)N(Cc1ccccc1)Cc1cccn1C)C(=O)CCC1CCCC1. The number of hydrogen-bond donors (Lipinski definition) is 0. The van der Waals surface area contributed by atoms with E-state index < -0.39 is 0 Å². The normalized spacial score (nSPS) is 14.0. The number of amides is 2. The molecular weight excluding hydrogens is 386 g/mol. The van der Waals surface area contributed by atoms with E-state index in [1.807, 2.05) is 65.2 Å². The largest absolute Gasteiger partial charge is 0.353 e. The van der Waals surface area contributed by atoms with Crippen LogP contribution >= 0.6 is 0 Å². The summed E-state index contributed by atoms with van der Waals surface area (Å²) in [5.74, 6) is 0.823. The van der Waals surface area contributed by atoms with Crippen LogP contribution in [0.15, 0.2) is 48.7 Å². The van der Waals surface area contributed by atoms with Crippen molar-refractivity contribution in [2.45, 2.75) is 65.0 Å². The average Bonchev–Trinajstić information content (AvgIpc) is 3.44. The molecule has 1 saturated carbocycles. The van der Waals surface area contributed by atoms with Gasteiger partial charge in [0.15, 0.2) is 0 Å². The molecule has 0 aliphatic heterocycles. The van der Waals surface area contributed by atoms with Gasteiger partial charge in [-0.2, -0.15) is 0 Å². The average molecular weight is 424 g/mol. The predicted molar refractivity (Wildman–Crippen MR) is 124 cm³/mol. The molecule has 0 unspecified atom stereocenters. The number of carbonyl (C=O) groups is 2. The first-order chi connectivity index (χ1) is 15.1. The lowest BCUT2D eigenvalue weighted by atomic mass is 10.0. The van der Waals surface area contributed by atoms with Crippen molar-refractivity contribution in [1.29, 1.82) is 0 Å². The second kappa shape index (κ2) is 11.7. The van der Waals surface area contributed by atoms with Gasteiger partial charge in [-0.3, -0.25) is 9.59 Å². The maximum absolute atomic E-state index is 13.4. The Bertz CT molecular complexity index is 824. The summed E-state index contributed by atoms with van der Waals surface area (Å²) in [6, 6.07) is 14.1. The van der Waals surface area contributed by atoms with E-state index in [0.717, 1.165) is 24.1 Å². The molecule has 1 aromatic carbocycles. The van der Waals surface area contributed by atoms with Gasteiger partial charge in [-0.25, -0.2) is 0 Å². The third kappa shape index (κ3) is 6.98. The van der Waals surface area contributed by atoms with Crippen LogP contribution in [0.4, 0.5) is 0 Å². The van der Waals surface area contributed by atoms with E-state index in [2.05, 4.69) is 6.92 Å². The predicted octanol–water partition coefficient (Wildman–Crippen LogP) is 4.76. The Labute approximate surface area is 187 Å². The molecule has 2 aromatic rings. The van der Waals surface area contributed by atoms with Crippen molar-refractivity contribution in [1.82, 2.24) is 14.4 Å². The van der Waals surface area contributed by atoms with Gasteiger partial charge in [0.05, 0.1) is 13.1 Å². The Hall–Kier alpha value is -2.56. The maximum atomic E-state index is 13.4. The zero-order chi connectivity index (χ0) is 22.1. The van der Waals surface area contributed by atoms with E-state index in [1.165, 1.54) is 25.7 Å². The first-order valence-corrected chi connectivity index (χ1v) is 11.8. The minimum absolute atomic E-state index is 0.00715. The van der Waals surface area contributed by atoms with Crippen LogP contribution in [-0.2, 0) is 29.7 Å². The Morgan fingerprint density at radius 3 is 2.35 bits per heavy atom. The molecule has 0 radical (unpaired) electrons. The Kier molecular flexibility index (Phi) is 8.74. The van der Waals surface area contributed by atoms with Crippen molar-refractivity contribution in [2.24, 2.45) is 13.0 Å². The zero-order valence-electron chi connectivity index (χ0n) is 19.1. The van der Waals surface area contributed by atoms with Gasteiger partial charge in [0.25, 0.3) is 0 Å². The van der Waals surface area contributed by atoms with Gasteiger partial charge in [-0.15, -0.1) is 0 Å². The second-order valence-corrected chi connectivity index (χ2v) is 8.85. The van der Waals surface area contributed by atoms with Crippen molar-refractivity contribution >= 4 is 11.8 Å². The lowest BCUT2D eigenvalue weighted by Crippen LogP contribution is -2.43. The van der Waals surface area contributed by atoms with Gasteiger partial charge >= 0.3 is 0 Å². The number of hydrogen-bond acceptors (Lipinski definition) is 2. The molecule has 5 nitrogen and oxygen atoms in total. The van der Waals surface area contributed by atoms with Crippen LogP contribution < -0.4 is 0 Å². The molecular formula is C26H37N3O2. The van der Waals surface area contributed by atoms with Crippen molar-refractivity contribution in [3.05, 3.63) is 59.9 Å². The summed E-state index contributed by atoms with van der Waals surface area (Å²) >= 11 is 0. The monoisotopic (exact) mass is 423 g/mol. The van der Waals surface area contributed by atoms with Crippen LogP contribution in [0.1, 0.15) is 63.1 Å². The van der Waals surface area contributed by atoms with Crippen LogP contribution in [-0.4, -0.2) is 39.3 Å². The van der Waals surface area contributed by atoms with Gasteiger partial charge in [-0.05, 0) is 36.5 Å². The summed E-state index contributed by atoms with van der Waals surface area (Å²) in [6.45, 7) is 3.94. The van der Waals surface area contributed by atoms with Gasteiger partial charge < -0.3 is 14.4 Å². The van der Waals surface area contributed by atoms with E-state index >= 15 is 0 Å². The molecule has 0 bridgehead atoms. The molecule has 0 atom stereocenters. The summed E-state index contributed by atoms with van der Waals surface area (Å²) in [6.07, 6.45) is 9.48. The first-order valence-electron chi connectivity index (χ1n) is 11.8. The summed E-state index contributed by atoms with van der Waals surface area (Å²) in [7, 11) is 2.00. The van der Waals surface area contributed by atoms with E-state index in [9.17, 15) is 9.59 Å². The number of nitrogens with zero attached hydrogens (tertiary/aromatic N) is 3. The van der Waals surface area contributed by atoms with Crippen LogP contribution in [0.2, 0.25) is 0 Å². The topological polar surface area (TPSA) is 45.6 Å². The van der Waals surface area contributed by atoms with Gasteiger partial charge in [0.1, 0.15) is 0 Å². The van der Waals surface area contributed by atoms with Crippen LogP contribution in [0.5, 0.6) is 0 Å². The van der Waals surface area contributed by atoms with Crippen molar-refractivity contribution < 1.29 is 9.59 Å². The fourth-order valence-electron chi connectivity index (χ4n) is 4.50. The summed E-state index contributed by atoms with van der Waals surface area (Å²) in [5, 5.41) is 0. The molecule has 3 rings (SSSR count). The molecule has 2 amide bonds. The Morgan fingerprint density at radius 1 is 0.968 bits per heavy atom. The van der Waals surface area contributed by atoms with E-state index in [1.54, 1.807) is 4.90 Å². The second-order valence-electron chi connectivity index (χ2n) is 8.85. The molecule has 5 heteroatoms. The van der Waals surface area contributed by atoms with E-state index in [-0.39, 0.29) is 18.4 Å². The van der Waals surface area contributed by atoms with Crippen LogP contribution in [0, 0.1) is 5.92 Å². The fourth-order valence-corrected chi connectivity index (χ4v) is 4.50. The van der Waals surface area contributed by atoms with Crippen molar-refractivity contribution in [3.63, 3.8) is 0 Å². The molecule has 1 aliphatic carbocycles. The highest BCUT2D eigenvalue weighted by molar-refractivity contribution is 5.84. The Balaban J connectivity index is 1.66. The van der Waals surface area contributed by atoms with E-state index in [4.69, 9.17) is 0 Å². The maximum Gasteiger partial charge on any atom is 0.242 e. The first kappa shape index (κ1) is 23.1. The highest BCUT2D eigenvalue weighted by Gasteiger charge is 2.23. The number of benzene rings is 1. The number of carbonyl (C=O) groups excluding carboxylic acids is 2. The van der Waals surface area contributed by atoms with Gasteiger partial charge in [-0.1, -0.05) is 62.9 Å². The summed E-state index contributed by atoms with van der Waals surface area (Å²) < 4.78 is 2.04. The molecule has 0 N–H and O–H groups in total. The smallest absolute Gasteiger partial charge is 0.242 e. The molecule has 0 spiro atoms. The summed E-state index contributed by atoms with van der Waals surface area (Å²) in [4.78, 5) is 29.9. The van der Waals surface area contributed by atoms with Crippen molar-refractivity contribution in [3.8, 4) is 0 Å². The fraction of sp³-hybridized carbons (Fsp3) is 0.538. The molecule has 0 saturated heterocycles. The highest BCUT2D eigenvalue weighted by atomic mass is 16.2. The van der Waals surface area contributed by atoms with Crippen LogP contribution in [0.3, 0.4) is 0 Å². The number of aryl methyl sites for hydroxylation is 1. The van der Waals surface area contributed by atoms with Crippen LogP contribution in [0.25, 0.3) is 0 Å². The quantitative estimate of drug-likeness (QED) is 0.523. The van der Waals surface area contributed by atoms with Crippen molar-refractivity contribution in [2.75, 3.05) is 13.1 Å². The zero-order valence-corrected chi connectivity index (χ0v) is 19.1. The molecule has 1 aromatic heterocycles. The lowest BCUT2D eigenvalue weighted by molar-refractivity contribution is -0.141. The molecule has 1 aliphatic rings. The highest BCUT2D eigenvalue weighted by Crippen LogP contribution is 2.28. The number of rotatable bonds is 11. The van der Waals surface area contributed by atoms with E-state index in [0.29, 0.717) is 32.0 Å². The molecule has 1 fully saturated rings. The summed E-state index contributed by atoms with van der Waals surface area (Å²) in [5.41, 5.74) is 2.18.